The van der Waals surface area contributed by atoms with Crippen LogP contribution < -0.4 is 5.32 Å². The molecule has 0 saturated heterocycles. The van der Waals surface area contributed by atoms with Gasteiger partial charge in [-0.05, 0) is 24.1 Å². The number of unbranched alkanes of at least 4 members (excludes halogenated alkanes) is 2. The number of nitrogens with one attached hydrogen (secondary N) is 1. The zero-order valence-electron chi connectivity index (χ0n) is 11.0. The SMILES string of the molecule is CCCCCNC(=O)CSCc1ccc(Cl)cc1F. The van der Waals surface area contributed by atoms with E-state index in [1.54, 1.807) is 12.1 Å². The Morgan fingerprint density at radius 3 is 2.89 bits per heavy atom. The smallest absolute Gasteiger partial charge is 0.230 e. The maximum atomic E-state index is 13.5. The van der Waals surface area contributed by atoms with Crippen molar-refractivity contribution in [3.63, 3.8) is 0 Å². The van der Waals surface area contributed by atoms with Gasteiger partial charge < -0.3 is 5.32 Å². The minimum atomic E-state index is -0.316. The highest BCUT2D eigenvalue weighted by molar-refractivity contribution is 7.99. The van der Waals surface area contributed by atoms with Crippen LogP contribution in [0.2, 0.25) is 5.02 Å². The van der Waals surface area contributed by atoms with Gasteiger partial charge in [0.2, 0.25) is 5.91 Å². The van der Waals surface area contributed by atoms with Gasteiger partial charge in [-0.1, -0.05) is 37.4 Å². The van der Waals surface area contributed by atoms with E-state index in [9.17, 15) is 9.18 Å². The fourth-order valence-electron chi connectivity index (χ4n) is 1.55. The molecule has 1 N–H and O–H groups in total. The maximum absolute atomic E-state index is 13.5. The Balaban J connectivity index is 2.20. The highest BCUT2D eigenvalue weighted by Crippen LogP contribution is 2.19. The first-order chi connectivity index (χ1) is 9.13. The summed E-state index contributed by atoms with van der Waals surface area (Å²) in [5.41, 5.74) is 0.577. The van der Waals surface area contributed by atoms with Crippen LogP contribution in [0.4, 0.5) is 4.39 Å². The number of carbonyl (C=O) groups excluding carboxylic acids is 1. The normalized spacial score (nSPS) is 10.5. The zero-order valence-corrected chi connectivity index (χ0v) is 12.6. The summed E-state index contributed by atoms with van der Waals surface area (Å²) in [6.07, 6.45) is 3.28. The summed E-state index contributed by atoms with van der Waals surface area (Å²) in [5, 5.41) is 3.24. The lowest BCUT2D eigenvalue weighted by atomic mass is 10.2. The minimum absolute atomic E-state index is 0.00970. The van der Waals surface area contributed by atoms with Crippen molar-refractivity contribution < 1.29 is 9.18 Å². The van der Waals surface area contributed by atoms with Gasteiger partial charge in [0.1, 0.15) is 5.82 Å². The molecule has 0 heterocycles. The van der Waals surface area contributed by atoms with Gasteiger partial charge in [0.05, 0.1) is 5.75 Å². The molecule has 2 nitrogen and oxygen atoms in total. The van der Waals surface area contributed by atoms with Gasteiger partial charge in [0.25, 0.3) is 0 Å². The number of hydrogen-bond donors (Lipinski definition) is 1. The molecule has 19 heavy (non-hydrogen) atoms. The van der Waals surface area contributed by atoms with E-state index < -0.39 is 0 Å². The minimum Gasteiger partial charge on any atom is -0.355 e. The predicted molar refractivity (Wildman–Crippen MR) is 80.1 cm³/mol. The van der Waals surface area contributed by atoms with Gasteiger partial charge in [-0.25, -0.2) is 4.39 Å². The summed E-state index contributed by atoms with van der Waals surface area (Å²) in [6, 6.07) is 4.61. The van der Waals surface area contributed by atoms with Crippen molar-refractivity contribution in [3.8, 4) is 0 Å². The number of rotatable bonds is 8. The summed E-state index contributed by atoms with van der Waals surface area (Å²) < 4.78 is 13.5. The van der Waals surface area contributed by atoms with E-state index in [4.69, 9.17) is 11.6 Å². The molecular formula is C14H19ClFNOS. The van der Waals surface area contributed by atoms with Crippen LogP contribution in [0.15, 0.2) is 18.2 Å². The lowest BCUT2D eigenvalue weighted by Crippen LogP contribution is -2.26. The van der Waals surface area contributed by atoms with Crippen LogP contribution in [-0.2, 0) is 10.5 Å². The number of halogens is 2. The van der Waals surface area contributed by atoms with E-state index in [0.717, 1.165) is 25.8 Å². The van der Waals surface area contributed by atoms with Gasteiger partial charge in [0.15, 0.2) is 0 Å². The Morgan fingerprint density at radius 1 is 1.42 bits per heavy atom. The Hall–Kier alpha value is -0.740. The number of carbonyl (C=O) groups is 1. The van der Waals surface area contributed by atoms with Crippen LogP contribution >= 0.6 is 23.4 Å². The van der Waals surface area contributed by atoms with Crippen LogP contribution in [0.25, 0.3) is 0 Å². The number of amides is 1. The average molecular weight is 304 g/mol. The molecule has 0 atom stereocenters. The lowest BCUT2D eigenvalue weighted by Gasteiger charge is -2.05. The molecule has 0 bridgehead atoms. The third-order valence-electron chi connectivity index (χ3n) is 2.61. The predicted octanol–water partition coefficient (Wildman–Crippen LogP) is 4.02. The first kappa shape index (κ1) is 16.3. The van der Waals surface area contributed by atoms with E-state index >= 15 is 0 Å². The molecule has 0 aliphatic rings. The highest BCUT2D eigenvalue weighted by atomic mass is 35.5. The van der Waals surface area contributed by atoms with Gasteiger partial charge in [-0.3, -0.25) is 4.79 Å². The van der Waals surface area contributed by atoms with Gasteiger partial charge in [0, 0.05) is 17.3 Å². The van der Waals surface area contributed by atoms with Crippen LogP contribution in [-0.4, -0.2) is 18.2 Å². The van der Waals surface area contributed by atoms with E-state index in [-0.39, 0.29) is 11.7 Å². The second-order valence-electron chi connectivity index (χ2n) is 4.29. The largest absolute Gasteiger partial charge is 0.355 e. The molecule has 0 spiro atoms. The van der Waals surface area contributed by atoms with Gasteiger partial charge >= 0.3 is 0 Å². The third-order valence-corrected chi connectivity index (χ3v) is 3.82. The number of hydrogen-bond acceptors (Lipinski definition) is 2. The van der Waals surface area contributed by atoms with Gasteiger partial charge in [-0.15, -0.1) is 11.8 Å². The standard InChI is InChI=1S/C14H19ClFNOS/c1-2-3-4-7-17-14(18)10-19-9-11-5-6-12(15)8-13(11)16/h5-6,8H,2-4,7,9-10H2,1H3,(H,17,18). The molecule has 0 unspecified atom stereocenters. The first-order valence-corrected chi connectivity index (χ1v) is 7.95. The number of thioether (sulfide) groups is 1. The van der Waals surface area contributed by atoms with Crippen LogP contribution in [0.5, 0.6) is 0 Å². The summed E-state index contributed by atoms with van der Waals surface area (Å²) in [6.45, 7) is 2.85. The summed E-state index contributed by atoms with van der Waals surface area (Å²) >= 11 is 7.08. The molecule has 0 saturated carbocycles. The lowest BCUT2D eigenvalue weighted by molar-refractivity contribution is -0.118. The van der Waals surface area contributed by atoms with Crippen molar-refractivity contribution in [1.82, 2.24) is 5.32 Å². The second kappa shape index (κ2) is 9.21. The Kier molecular flexibility index (Phi) is 7.91. The molecule has 106 valence electrons. The molecule has 1 aromatic carbocycles. The monoisotopic (exact) mass is 303 g/mol. The van der Waals surface area contributed by atoms with Crippen molar-refractivity contribution >= 4 is 29.3 Å². The summed E-state index contributed by atoms with van der Waals surface area (Å²) in [7, 11) is 0. The number of benzene rings is 1. The maximum Gasteiger partial charge on any atom is 0.230 e. The van der Waals surface area contributed by atoms with Crippen molar-refractivity contribution in [3.05, 3.63) is 34.6 Å². The highest BCUT2D eigenvalue weighted by Gasteiger charge is 2.05. The molecule has 1 aromatic rings. The molecule has 0 aliphatic carbocycles. The summed E-state index contributed by atoms with van der Waals surface area (Å²) in [5.74, 6) is 0.526. The van der Waals surface area contributed by atoms with Crippen LogP contribution in [0.1, 0.15) is 31.7 Å². The Labute approximate surface area is 123 Å². The molecule has 0 aromatic heterocycles. The Bertz CT molecular complexity index is 414. The Morgan fingerprint density at radius 2 is 2.21 bits per heavy atom. The average Bonchev–Trinajstić information content (AvgIpc) is 2.37. The van der Waals surface area contributed by atoms with E-state index in [1.807, 2.05) is 0 Å². The molecule has 1 amide bonds. The third kappa shape index (κ3) is 6.83. The molecule has 1 rings (SSSR count). The van der Waals surface area contributed by atoms with E-state index in [0.29, 0.717) is 22.1 Å². The molecular weight excluding hydrogens is 285 g/mol. The van der Waals surface area contributed by atoms with E-state index in [1.165, 1.54) is 17.8 Å². The molecule has 0 aliphatic heterocycles. The van der Waals surface area contributed by atoms with Crippen molar-refractivity contribution in [2.45, 2.75) is 31.9 Å². The second-order valence-corrected chi connectivity index (χ2v) is 5.71. The van der Waals surface area contributed by atoms with Crippen molar-refractivity contribution in [2.24, 2.45) is 0 Å². The van der Waals surface area contributed by atoms with Crippen LogP contribution in [0.3, 0.4) is 0 Å². The zero-order chi connectivity index (χ0) is 14.1. The van der Waals surface area contributed by atoms with Crippen molar-refractivity contribution in [1.29, 1.82) is 0 Å². The molecule has 5 heteroatoms. The molecule has 0 radical (unpaired) electrons. The summed E-state index contributed by atoms with van der Waals surface area (Å²) in [4.78, 5) is 11.5. The van der Waals surface area contributed by atoms with Crippen LogP contribution in [0, 0.1) is 5.82 Å². The van der Waals surface area contributed by atoms with Crippen molar-refractivity contribution in [2.75, 3.05) is 12.3 Å². The van der Waals surface area contributed by atoms with Gasteiger partial charge in [-0.2, -0.15) is 0 Å². The fourth-order valence-corrected chi connectivity index (χ4v) is 2.55. The quantitative estimate of drug-likeness (QED) is 0.735. The topological polar surface area (TPSA) is 29.1 Å². The van der Waals surface area contributed by atoms with E-state index in [2.05, 4.69) is 12.2 Å². The fraction of sp³-hybridized carbons (Fsp3) is 0.500. The molecule has 0 fully saturated rings. The first-order valence-electron chi connectivity index (χ1n) is 6.42.